The van der Waals surface area contributed by atoms with Crippen LogP contribution >= 0.6 is 0 Å². The maximum Gasteiger partial charge on any atom is 0.119 e. The first kappa shape index (κ1) is 16.6. The smallest absolute Gasteiger partial charge is 0.119 e. The molecule has 2 saturated carbocycles. The van der Waals surface area contributed by atoms with E-state index in [1.54, 1.807) is 0 Å². The van der Waals surface area contributed by atoms with E-state index in [2.05, 4.69) is 59.2 Å². The number of hydrogen-bond acceptors (Lipinski definition) is 3. The Bertz CT molecular complexity index is 651. The van der Waals surface area contributed by atoms with Crippen molar-refractivity contribution in [1.29, 1.82) is 0 Å². The Morgan fingerprint density at radius 2 is 1.64 bits per heavy atom. The molecule has 0 bridgehead atoms. The Morgan fingerprint density at radius 3 is 2.40 bits per heavy atom. The fourth-order valence-electron chi connectivity index (χ4n) is 3.35. The van der Waals surface area contributed by atoms with Crippen molar-refractivity contribution in [1.82, 2.24) is 10.6 Å². The molecule has 2 aliphatic rings. The van der Waals surface area contributed by atoms with E-state index in [1.165, 1.54) is 30.4 Å². The van der Waals surface area contributed by atoms with Crippen LogP contribution in [0.15, 0.2) is 54.6 Å². The minimum atomic E-state index is 0.658. The van der Waals surface area contributed by atoms with Gasteiger partial charge in [-0.1, -0.05) is 42.5 Å². The third-order valence-corrected chi connectivity index (χ3v) is 5.14. The van der Waals surface area contributed by atoms with Gasteiger partial charge in [-0.3, -0.25) is 0 Å². The Kier molecular flexibility index (Phi) is 5.34. The highest BCUT2D eigenvalue weighted by Gasteiger charge is 2.37. The number of benzene rings is 2. The second-order valence-corrected chi connectivity index (χ2v) is 7.28. The summed E-state index contributed by atoms with van der Waals surface area (Å²) in [6, 6.07) is 20.6. The van der Waals surface area contributed by atoms with Gasteiger partial charge in [0.2, 0.25) is 0 Å². The van der Waals surface area contributed by atoms with Crippen molar-refractivity contribution >= 4 is 0 Å². The van der Waals surface area contributed by atoms with Crippen LogP contribution in [0.3, 0.4) is 0 Å². The topological polar surface area (TPSA) is 33.3 Å². The quantitative estimate of drug-likeness (QED) is 0.652. The average Bonchev–Trinajstić information content (AvgIpc) is 3.56. The van der Waals surface area contributed by atoms with Gasteiger partial charge in [-0.05, 0) is 42.5 Å². The molecule has 0 amide bonds. The molecule has 2 fully saturated rings. The van der Waals surface area contributed by atoms with Gasteiger partial charge >= 0.3 is 0 Å². The summed E-state index contributed by atoms with van der Waals surface area (Å²) in [5.74, 6) is 1.65. The first-order valence-electron chi connectivity index (χ1n) is 9.62. The average molecular weight is 336 g/mol. The molecular formula is C22H28N2O. The van der Waals surface area contributed by atoms with Gasteiger partial charge < -0.3 is 15.4 Å². The standard InChI is InChI=1S/C22H28N2O/c1-2-4-17(5-3-1)12-15-25-20-10-6-18(7-11-20)21-16-22(21)24-14-13-23-19-8-9-19/h1-7,10-11,19,21-24H,8-9,12-16H2. The molecule has 0 aromatic heterocycles. The molecule has 2 aliphatic carbocycles. The summed E-state index contributed by atoms with van der Waals surface area (Å²) in [6.07, 6.45) is 4.95. The molecule has 2 aromatic rings. The van der Waals surface area contributed by atoms with E-state index in [9.17, 15) is 0 Å². The SMILES string of the molecule is c1ccc(CCOc2ccc(C3CC3NCCNC3CC3)cc2)cc1. The predicted octanol–water partition coefficient (Wildman–Crippen LogP) is 3.51. The third-order valence-electron chi connectivity index (χ3n) is 5.14. The lowest BCUT2D eigenvalue weighted by Crippen LogP contribution is -2.30. The van der Waals surface area contributed by atoms with Crippen LogP contribution in [0.4, 0.5) is 0 Å². The van der Waals surface area contributed by atoms with Crippen molar-refractivity contribution in [2.45, 2.75) is 43.7 Å². The van der Waals surface area contributed by atoms with Gasteiger partial charge in [0.05, 0.1) is 6.61 Å². The maximum absolute atomic E-state index is 5.88. The van der Waals surface area contributed by atoms with E-state index >= 15 is 0 Å². The Balaban J connectivity index is 1.16. The van der Waals surface area contributed by atoms with Gasteiger partial charge in [-0.25, -0.2) is 0 Å². The van der Waals surface area contributed by atoms with Crippen molar-refractivity contribution in [3.63, 3.8) is 0 Å². The van der Waals surface area contributed by atoms with Gasteiger partial charge in [-0.2, -0.15) is 0 Å². The molecule has 3 heteroatoms. The summed E-state index contributed by atoms with van der Waals surface area (Å²) >= 11 is 0. The summed E-state index contributed by atoms with van der Waals surface area (Å²) in [7, 11) is 0. The molecule has 0 aliphatic heterocycles. The fourth-order valence-corrected chi connectivity index (χ4v) is 3.35. The van der Waals surface area contributed by atoms with E-state index in [0.717, 1.165) is 37.9 Å². The van der Waals surface area contributed by atoms with E-state index in [4.69, 9.17) is 4.74 Å². The van der Waals surface area contributed by atoms with Gasteiger partial charge in [0, 0.05) is 37.5 Å². The van der Waals surface area contributed by atoms with E-state index in [1.807, 2.05) is 6.07 Å². The van der Waals surface area contributed by atoms with Gasteiger partial charge in [0.25, 0.3) is 0 Å². The lowest BCUT2D eigenvalue weighted by Gasteiger charge is -2.08. The van der Waals surface area contributed by atoms with Crippen LogP contribution in [-0.2, 0) is 6.42 Å². The summed E-state index contributed by atoms with van der Waals surface area (Å²) in [5.41, 5.74) is 2.75. The van der Waals surface area contributed by atoms with E-state index < -0.39 is 0 Å². The van der Waals surface area contributed by atoms with Gasteiger partial charge in [-0.15, -0.1) is 0 Å². The van der Waals surface area contributed by atoms with Crippen LogP contribution in [0.2, 0.25) is 0 Å². The molecule has 2 atom stereocenters. The van der Waals surface area contributed by atoms with Crippen LogP contribution in [0.25, 0.3) is 0 Å². The normalized spacial score (nSPS) is 21.9. The Hall–Kier alpha value is -1.84. The molecule has 3 nitrogen and oxygen atoms in total. The number of rotatable bonds is 10. The molecule has 0 radical (unpaired) electrons. The molecule has 0 heterocycles. The Morgan fingerprint density at radius 1 is 0.880 bits per heavy atom. The molecule has 2 unspecified atom stereocenters. The first-order chi connectivity index (χ1) is 12.4. The highest BCUT2D eigenvalue weighted by atomic mass is 16.5. The van der Waals surface area contributed by atoms with Crippen molar-refractivity contribution in [3.8, 4) is 5.75 Å². The molecule has 2 aromatic carbocycles. The monoisotopic (exact) mass is 336 g/mol. The zero-order chi connectivity index (χ0) is 16.9. The Labute approximate surface area is 150 Å². The fraction of sp³-hybridized carbons (Fsp3) is 0.455. The summed E-state index contributed by atoms with van der Waals surface area (Å²) in [5, 5.41) is 7.22. The first-order valence-corrected chi connectivity index (χ1v) is 9.62. The molecule has 0 saturated heterocycles. The third kappa shape index (κ3) is 5.07. The molecule has 25 heavy (non-hydrogen) atoms. The summed E-state index contributed by atoms with van der Waals surface area (Å²) in [6.45, 7) is 2.91. The minimum absolute atomic E-state index is 0.658. The second-order valence-electron chi connectivity index (χ2n) is 7.28. The van der Waals surface area contributed by atoms with Gasteiger partial charge in [0.15, 0.2) is 0 Å². The van der Waals surface area contributed by atoms with Crippen molar-refractivity contribution in [2.75, 3.05) is 19.7 Å². The summed E-state index contributed by atoms with van der Waals surface area (Å²) in [4.78, 5) is 0. The molecule has 4 rings (SSSR count). The van der Waals surface area contributed by atoms with Crippen molar-refractivity contribution in [3.05, 3.63) is 65.7 Å². The van der Waals surface area contributed by atoms with Crippen molar-refractivity contribution < 1.29 is 4.74 Å². The van der Waals surface area contributed by atoms with E-state index in [0.29, 0.717) is 12.0 Å². The number of hydrogen-bond donors (Lipinski definition) is 2. The van der Waals surface area contributed by atoms with E-state index in [-0.39, 0.29) is 0 Å². The van der Waals surface area contributed by atoms with Crippen LogP contribution in [0.1, 0.15) is 36.3 Å². The molecule has 132 valence electrons. The number of ether oxygens (including phenoxy) is 1. The minimum Gasteiger partial charge on any atom is -0.493 e. The molecule has 2 N–H and O–H groups in total. The van der Waals surface area contributed by atoms with Crippen LogP contribution < -0.4 is 15.4 Å². The van der Waals surface area contributed by atoms with Gasteiger partial charge in [0.1, 0.15) is 5.75 Å². The number of nitrogens with one attached hydrogen (secondary N) is 2. The maximum atomic E-state index is 5.88. The zero-order valence-corrected chi connectivity index (χ0v) is 14.8. The van der Waals surface area contributed by atoms with Crippen LogP contribution in [0.5, 0.6) is 5.75 Å². The predicted molar refractivity (Wildman–Crippen MR) is 102 cm³/mol. The second kappa shape index (κ2) is 8.03. The highest BCUT2D eigenvalue weighted by molar-refractivity contribution is 5.33. The lowest BCUT2D eigenvalue weighted by molar-refractivity contribution is 0.322. The lowest BCUT2D eigenvalue weighted by atomic mass is 10.1. The largest absolute Gasteiger partial charge is 0.493 e. The zero-order valence-electron chi connectivity index (χ0n) is 14.8. The van der Waals surface area contributed by atoms with Crippen LogP contribution in [-0.4, -0.2) is 31.8 Å². The highest BCUT2D eigenvalue weighted by Crippen LogP contribution is 2.41. The van der Waals surface area contributed by atoms with Crippen molar-refractivity contribution in [2.24, 2.45) is 0 Å². The van der Waals surface area contributed by atoms with Crippen LogP contribution in [0, 0.1) is 0 Å². The molecular weight excluding hydrogens is 308 g/mol. The summed E-state index contributed by atoms with van der Waals surface area (Å²) < 4.78 is 5.88. The molecule has 0 spiro atoms.